The van der Waals surface area contributed by atoms with Crippen LogP contribution in [0.3, 0.4) is 0 Å². The second kappa shape index (κ2) is 5.28. The predicted molar refractivity (Wildman–Crippen MR) is 67.6 cm³/mol. The Morgan fingerprint density at radius 1 is 1.13 bits per heavy atom. The largest absolute Gasteiger partial charge is 0.302 e. The van der Waals surface area contributed by atoms with Gasteiger partial charge in [-0.1, -0.05) is 34.6 Å². The molecule has 3 N–H and O–H groups in total. The van der Waals surface area contributed by atoms with Crippen molar-refractivity contribution in [2.75, 3.05) is 14.1 Å². The number of hydrogen-bond donors (Lipinski definition) is 2. The summed E-state index contributed by atoms with van der Waals surface area (Å²) in [6.07, 6.45) is 2.20. The van der Waals surface area contributed by atoms with E-state index in [-0.39, 0.29) is 17.0 Å². The molecule has 0 rings (SSSR count). The van der Waals surface area contributed by atoms with Crippen LogP contribution in [0.5, 0.6) is 0 Å². The number of hydrazine groups is 1. The van der Waals surface area contributed by atoms with Crippen LogP contribution in [-0.4, -0.2) is 30.6 Å². The molecule has 0 aromatic carbocycles. The Labute approximate surface area is 95.4 Å². The second-order valence-electron chi connectivity index (χ2n) is 5.67. The van der Waals surface area contributed by atoms with Crippen molar-refractivity contribution in [3.63, 3.8) is 0 Å². The highest BCUT2D eigenvalue weighted by Gasteiger charge is 2.43. The summed E-state index contributed by atoms with van der Waals surface area (Å²) < 4.78 is 0. The fourth-order valence-electron chi connectivity index (χ4n) is 2.76. The predicted octanol–water partition coefficient (Wildman–Crippen LogP) is 1.98. The van der Waals surface area contributed by atoms with Gasteiger partial charge in [0, 0.05) is 11.6 Å². The van der Waals surface area contributed by atoms with Gasteiger partial charge in [-0.15, -0.1) is 0 Å². The second-order valence-corrected chi connectivity index (χ2v) is 5.67. The average molecular weight is 215 g/mol. The molecule has 0 aliphatic heterocycles. The minimum Gasteiger partial charge on any atom is -0.302 e. The van der Waals surface area contributed by atoms with Gasteiger partial charge in [-0.05, 0) is 32.4 Å². The molecule has 15 heavy (non-hydrogen) atoms. The maximum absolute atomic E-state index is 5.76. The first-order valence-electron chi connectivity index (χ1n) is 5.89. The van der Waals surface area contributed by atoms with Crippen molar-refractivity contribution in [1.29, 1.82) is 0 Å². The van der Waals surface area contributed by atoms with Crippen LogP contribution in [0, 0.1) is 5.41 Å². The molecule has 1 atom stereocenters. The Hall–Kier alpha value is -0.120. The van der Waals surface area contributed by atoms with Gasteiger partial charge >= 0.3 is 0 Å². The number of nitrogens with zero attached hydrogens (tertiary/aromatic N) is 1. The molecule has 3 heteroatoms. The molecule has 0 saturated carbocycles. The van der Waals surface area contributed by atoms with Crippen molar-refractivity contribution < 1.29 is 0 Å². The molecule has 0 spiro atoms. The number of likely N-dealkylation sites (N-methyl/N-ethyl adjacent to an activating group) is 1. The van der Waals surface area contributed by atoms with E-state index in [0.29, 0.717) is 0 Å². The van der Waals surface area contributed by atoms with Gasteiger partial charge in [0.05, 0.1) is 0 Å². The highest BCUT2D eigenvalue weighted by atomic mass is 15.3. The fourth-order valence-corrected chi connectivity index (χ4v) is 2.76. The normalized spacial score (nSPS) is 15.8. The maximum atomic E-state index is 5.76. The summed E-state index contributed by atoms with van der Waals surface area (Å²) in [7, 11) is 4.28. The molecule has 1 unspecified atom stereocenters. The molecule has 0 fully saturated rings. The topological polar surface area (TPSA) is 41.3 Å². The van der Waals surface area contributed by atoms with Gasteiger partial charge in [0.2, 0.25) is 0 Å². The highest BCUT2D eigenvalue weighted by Crippen LogP contribution is 2.35. The quantitative estimate of drug-likeness (QED) is 0.544. The minimum atomic E-state index is 0.132. The summed E-state index contributed by atoms with van der Waals surface area (Å²) in [4.78, 5) is 2.31. The monoisotopic (exact) mass is 215 g/mol. The van der Waals surface area contributed by atoms with Crippen LogP contribution in [0.2, 0.25) is 0 Å². The molecule has 0 aromatic rings. The SMILES string of the molecule is CCC(CC)(C(NN)C(C)(C)C)N(C)C. The average Bonchev–Trinajstić information content (AvgIpc) is 2.11. The van der Waals surface area contributed by atoms with Gasteiger partial charge in [0.15, 0.2) is 0 Å². The lowest BCUT2D eigenvalue weighted by Gasteiger charge is -2.50. The van der Waals surface area contributed by atoms with Gasteiger partial charge < -0.3 is 4.90 Å². The lowest BCUT2D eigenvalue weighted by atomic mass is 9.71. The van der Waals surface area contributed by atoms with Crippen LogP contribution < -0.4 is 11.3 Å². The first kappa shape index (κ1) is 14.9. The van der Waals surface area contributed by atoms with Crippen LogP contribution in [0.25, 0.3) is 0 Å². The number of nitrogens with one attached hydrogen (secondary N) is 1. The van der Waals surface area contributed by atoms with E-state index in [4.69, 9.17) is 5.84 Å². The third-order valence-electron chi connectivity index (χ3n) is 3.69. The highest BCUT2D eigenvalue weighted by molar-refractivity contribution is 5.01. The fraction of sp³-hybridized carbons (Fsp3) is 1.00. The molecule has 0 aliphatic rings. The molecule has 0 bridgehead atoms. The Bertz CT molecular complexity index is 178. The van der Waals surface area contributed by atoms with E-state index in [1.54, 1.807) is 0 Å². The molecule has 0 aliphatic carbocycles. The standard InChI is InChI=1S/C12H29N3/c1-8-12(9-2,15(6)7)10(14-13)11(3,4)5/h10,14H,8-9,13H2,1-7H3. The van der Waals surface area contributed by atoms with Crippen LogP contribution in [0.4, 0.5) is 0 Å². The van der Waals surface area contributed by atoms with E-state index < -0.39 is 0 Å². The van der Waals surface area contributed by atoms with E-state index in [1.165, 1.54) is 0 Å². The molecule has 92 valence electrons. The Morgan fingerprint density at radius 3 is 1.60 bits per heavy atom. The van der Waals surface area contributed by atoms with E-state index >= 15 is 0 Å². The van der Waals surface area contributed by atoms with Crippen molar-refractivity contribution in [1.82, 2.24) is 10.3 Å². The van der Waals surface area contributed by atoms with Gasteiger partial charge in [-0.2, -0.15) is 0 Å². The molecule has 0 radical (unpaired) electrons. The molecule has 3 nitrogen and oxygen atoms in total. The van der Waals surface area contributed by atoms with Crippen LogP contribution in [-0.2, 0) is 0 Å². The summed E-state index contributed by atoms with van der Waals surface area (Å²) in [5.74, 6) is 5.76. The molecular formula is C12H29N3. The van der Waals surface area contributed by atoms with Gasteiger partial charge in [-0.25, -0.2) is 0 Å². The van der Waals surface area contributed by atoms with Crippen molar-refractivity contribution >= 4 is 0 Å². The minimum absolute atomic E-state index is 0.132. The molecule has 0 heterocycles. The van der Waals surface area contributed by atoms with Crippen molar-refractivity contribution in [2.24, 2.45) is 11.3 Å². The summed E-state index contributed by atoms with van der Waals surface area (Å²) in [6.45, 7) is 11.2. The first-order valence-corrected chi connectivity index (χ1v) is 5.89. The smallest absolute Gasteiger partial charge is 0.0442 e. The zero-order chi connectivity index (χ0) is 12.3. The van der Waals surface area contributed by atoms with Crippen LogP contribution >= 0.6 is 0 Å². The van der Waals surface area contributed by atoms with Crippen molar-refractivity contribution in [3.05, 3.63) is 0 Å². The summed E-state index contributed by atoms with van der Waals surface area (Å²) in [5, 5.41) is 0. The third-order valence-corrected chi connectivity index (χ3v) is 3.69. The Morgan fingerprint density at radius 2 is 1.53 bits per heavy atom. The Kier molecular flexibility index (Phi) is 5.24. The van der Waals surface area contributed by atoms with Gasteiger partial charge in [-0.3, -0.25) is 11.3 Å². The zero-order valence-electron chi connectivity index (χ0n) is 11.5. The van der Waals surface area contributed by atoms with Crippen LogP contribution in [0.1, 0.15) is 47.5 Å². The lowest BCUT2D eigenvalue weighted by molar-refractivity contribution is 0.0354. The van der Waals surface area contributed by atoms with Crippen molar-refractivity contribution in [3.8, 4) is 0 Å². The molecule has 0 saturated heterocycles. The van der Waals surface area contributed by atoms with Crippen molar-refractivity contribution in [2.45, 2.75) is 59.0 Å². The summed E-state index contributed by atoms with van der Waals surface area (Å²) >= 11 is 0. The first-order chi connectivity index (χ1) is 6.76. The van der Waals surface area contributed by atoms with Crippen LogP contribution in [0.15, 0.2) is 0 Å². The lowest BCUT2D eigenvalue weighted by Crippen LogP contribution is -2.64. The number of rotatable bonds is 5. The number of nitrogens with two attached hydrogens (primary N) is 1. The van der Waals surface area contributed by atoms with E-state index in [1.807, 2.05) is 0 Å². The molecule has 0 aromatic heterocycles. The van der Waals surface area contributed by atoms with E-state index in [2.05, 4.69) is 59.0 Å². The third kappa shape index (κ3) is 2.92. The number of hydrogen-bond acceptors (Lipinski definition) is 3. The summed E-state index contributed by atoms with van der Waals surface area (Å²) in [5.41, 5.74) is 3.31. The molecule has 0 amide bonds. The Balaban J connectivity index is 5.19. The van der Waals surface area contributed by atoms with Gasteiger partial charge in [0.25, 0.3) is 0 Å². The zero-order valence-corrected chi connectivity index (χ0v) is 11.5. The maximum Gasteiger partial charge on any atom is 0.0442 e. The summed E-state index contributed by atoms with van der Waals surface area (Å²) in [6, 6.07) is 0.287. The molecular weight excluding hydrogens is 186 g/mol. The van der Waals surface area contributed by atoms with Gasteiger partial charge in [0.1, 0.15) is 0 Å². The van der Waals surface area contributed by atoms with E-state index in [0.717, 1.165) is 12.8 Å². The van der Waals surface area contributed by atoms with E-state index in [9.17, 15) is 0 Å².